The van der Waals surface area contributed by atoms with E-state index >= 15 is 0 Å². The van der Waals surface area contributed by atoms with Crippen LogP contribution >= 0.6 is 0 Å². The van der Waals surface area contributed by atoms with E-state index in [-0.39, 0.29) is 5.41 Å². The van der Waals surface area contributed by atoms with Crippen molar-refractivity contribution >= 4 is 5.97 Å². The topological polar surface area (TPSA) is 63.3 Å². The maximum atomic E-state index is 11.0. The van der Waals surface area contributed by atoms with E-state index in [0.717, 1.165) is 24.8 Å². The Labute approximate surface area is 95.3 Å². The number of carbonyl (C=O) groups is 1. The summed E-state index contributed by atoms with van der Waals surface area (Å²) in [6.45, 7) is 2.10. The highest BCUT2D eigenvalue weighted by atomic mass is 16.4. The van der Waals surface area contributed by atoms with Crippen LogP contribution in [0.3, 0.4) is 0 Å². The Morgan fingerprint density at radius 2 is 2.00 bits per heavy atom. The van der Waals surface area contributed by atoms with E-state index in [1.54, 1.807) is 0 Å². The van der Waals surface area contributed by atoms with Gasteiger partial charge in [-0.25, -0.2) is 0 Å². The lowest BCUT2D eigenvalue weighted by molar-refractivity contribution is -0.139. The predicted octanol–water partition coefficient (Wildman–Crippen LogP) is 1.69. The summed E-state index contributed by atoms with van der Waals surface area (Å²) in [6, 6.07) is 7.39. The number of nitrogens with two attached hydrogens (primary N) is 1. The van der Waals surface area contributed by atoms with E-state index in [0.29, 0.717) is 0 Å². The van der Waals surface area contributed by atoms with E-state index < -0.39 is 12.0 Å². The Hall–Kier alpha value is -1.35. The minimum atomic E-state index is -0.905. The Morgan fingerprint density at radius 1 is 1.44 bits per heavy atom. The van der Waals surface area contributed by atoms with Crippen molar-refractivity contribution < 1.29 is 9.90 Å². The largest absolute Gasteiger partial charge is 0.480 e. The molecule has 0 aromatic heterocycles. The minimum Gasteiger partial charge on any atom is -0.480 e. The summed E-state index contributed by atoms with van der Waals surface area (Å²) >= 11 is 0. The summed E-state index contributed by atoms with van der Waals surface area (Å²) < 4.78 is 0. The predicted molar refractivity (Wildman–Crippen MR) is 62.3 cm³/mol. The molecule has 3 nitrogen and oxygen atoms in total. The molecule has 1 atom stereocenters. The third kappa shape index (κ3) is 1.71. The number of rotatable bonds is 4. The third-order valence-corrected chi connectivity index (χ3v) is 3.59. The molecule has 16 heavy (non-hydrogen) atoms. The van der Waals surface area contributed by atoms with Crippen LogP contribution < -0.4 is 5.73 Å². The van der Waals surface area contributed by atoms with E-state index in [1.807, 2.05) is 12.1 Å². The number of benzene rings is 1. The van der Waals surface area contributed by atoms with Gasteiger partial charge in [-0.1, -0.05) is 31.2 Å². The van der Waals surface area contributed by atoms with Crippen LogP contribution in [-0.4, -0.2) is 17.1 Å². The van der Waals surface area contributed by atoms with Gasteiger partial charge in [0.25, 0.3) is 0 Å². The molecule has 1 aliphatic rings. The third-order valence-electron chi connectivity index (χ3n) is 3.59. The minimum absolute atomic E-state index is 0.307. The van der Waals surface area contributed by atoms with Gasteiger partial charge in [0.05, 0.1) is 0 Å². The quantitative estimate of drug-likeness (QED) is 0.810. The molecule has 86 valence electrons. The first-order valence-corrected chi connectivity index (χ1v) is 5.68. The molecule has 1 aliphatic carbocycles. The van der Waals surface area contributed by atoms with E-state index in [1.165, 1.54) is 5.56 Å². The molecule has 1 aromatic rings. The average molecular weight is 219 g/mol. The second-order valence-electron chi connectivity index (χ2n) is 4.52. The lowest BCUT2D eigenvalue weighted by Gasteiger charge is -2.20. The molecule has 3 heteroatoms. The first-order chi connectivity index (χ1) is 7.60. The van der Waals surface area contributed by atoms with Gasteiger partial charge < -0.3 is 10.8 Å². The van der Waals surface area contributed by atoms with Crippen molar-refractivity contribution in [2.75, 3.05) is 0 Å². The molecule has 0 spiro atoms. The van der Waals surface area contributed by atoms with Gasteiger partial charge in [0.2, 0.25) is 0 Å². The molecular formula is C13H17NO2. The second-order valence-corrected chi connectivity index (χ2v) is 4.52. The zero-order chi connectivity index (χ0) is 11.8. The first kappa shape index (κ1) is 11.1. The highest BCUT2D eigenvalue weighted by molar-refractivity contribution is 5.77. The lowest BCUT2D eigenvalue weighted by atomic mass is 9.88. The van der Waals surface area contributed by atoms with Gasteiger partial charge in [-0.05, 0) is 30.4 Å². The monoisotopic (exact) mass is 219 g/mol. The molecule has 1 unspecified atom stereocenters. The molecule has 0 aliphatic heterocycles. The Balaban J connectivity index is 2.26. The molecule has 0 amide bonds. The SMILES string of the molecule is CCc1ccc(C2(C(N)C(=O)O)CC2)cc1. The Bertz CT molecular complexity index is 393. The molecule has 0 heterocycles. The molecule has 3 N–H and O–H groups in total. The number of hydrogen-bond donors (Lipinski definition) is 2. The van der Waals surface area contributed by atoms with Crippen LogP contribution in [-0.2, 0) is 16.6 Å². The number of hydrogen-bond acceptors (Lipinski definition) is 2. The van der Waals surface area contributed by atoms with Gasteiger partial charge in [-0.2, -0.15) is 0 Å². The van der Waals surface area contributed by atoms with Gasteiger partial charge in [0.1, 0.15) is 6.04 Å². The van der Waals surface area contributed by atoms with Crippen molar-refractivity contribution in [1.29, 1.82) is 0 Å². The fourth-order valence-corrected chi connectivity index (χ4v) is 2.22. The average Bonchev–Trinajstić information content (AvgIpc) is 3.09. The highest BCUT2D eigenvalue weighted by Crippen LogP contribution is 2.50. The van der Waals surface area contributed by atoms with Crippen LogP contribution in [0.2, 0.25) is 0 Å². The second kappa shape index (κ2) is 3.91. The standard InChI is InChI=1S/C13H17NO2/c1-2-9-3-5-10(6-4-9)13(7-8-13)11(14)12(15)16/h3-6,11H,2,7-8,14H2,1H3,(H,15,16). The first-order valence-electron chi connectivity index (χ1n) is 5.68. The van der Waals surface area contributed by atoms with Crippen LogP contribution in [0.15, 0.2) is 24.3 Å². The molecule has 1 fully saturated rings. The van der Waals surface area contributed by atoms with Gasteiger partial charge in [-0.3, -0.25) is 4.79 Å². The van der Waals surface area contributed by atoms with Crippen LogP contribution in [0.5, 0.6) is 0 Å². The summed E-state index contributed by atoms with van der Waals surface area (Å²) in [5, 5.41) is 8.99. The Morgan fingerprint density at radius 3 is 2.38 bits per heavy atom. The van der Waals surface area contributed by atoms with Crippen molar-refractivity contribution in [3.05, 3.63) is 35.4 Å². The molecule has 0 saturated heterocycles. The van der Waals surface area contributed by atoms with Crippen LogP contribution in [0, 0.1) is 0 Å². The summed E-state index contributed by atoms with van der Waals surface area (Å²) in [5.41, 5.74) is 7.79. The molecule has 0 radical (unpaired) electrons. The van der Waals surface area contributed by atoms with Crippen molar-refractivity contribution in [3.8, 4) is 0 Å². The van der Waals surface area contributed by atoms with Gasteiger partial charge in [0.15, 0.2) is 0 Å². The number of aliphatic carboxylic acids is 1. The van der Waals surface area contributed by atoms with E-state index in [9.17, 15) is 4.79 Å². The molecule has 2 rings (SSSR count). The number of carboxylic acids is 1. The smallest absolute Gasteiger partial charge is 0.321 e. The fourth-order valence-electron chi connectivity index (χ4n) is 2.22. The summed E-state index contributed by atoms with van der Waals surface area (Å²) in [5.74, 6) is -0.905. The summed E-state index contributed by atoms with van der Waals surface area (Å²) in [7, 11) is 0. The zero-order valence-corrected chi connectivity index (χ0v) is 9.44. The van der Waals surface area contributed by atoms with Crippen molar-refractivity contribution in [3.63, 3.8) is 0 Å². The van der Waals surface area contributed by atoms with Gasteiger partial charge >= 0.3 is 5.97 Å². The van der Waals surface area contributed by atoms with Crippen LogP contribution in [0.25, 0.3) is 0 Å². The zero-order valence-electron chi connectivity index (χ0n) is 9.44. The molecule has 1 saturated carbocycles. The van der Waals surface area contributed by atoms with Gasteiger partial charge in [0, 0.05) is 5.41 Å². The van der Waals surface area contributed by atoms with Crippen LogP contribution in [0.1, 0.15) is 30.9 Å². The number of carboxylic acid groups (broad SMARTS) is 1. The summed E-state index contributed by atoms with van der Waals surface area (Å²) in [4.78, 5) is 11.0. The molecular weight excluding hydrogens is 202 g/mol. The normalized spacial score (nSPS) is 19.1. The highest BCUT2D eigenvalue weighted by Gasteiger charge is 2.52. The van der Waals surface area contributed by atoms with Crippen molar-refractivity contribution in [2.24, 2.45) is 5.73 Å². The number of aryl methyl sites for hydroxylation is 1. The van der Waals surface area contributed by atoms with E-state index in [4.69, 9.17) is 10.8 Å². The maximum Gasteiger partial charge on any atom is 0.321 e. The lowest BCUT2D eigenvalue weighted by Crippen LogP contribution is -2.41. The van der Waals surface area contributed by atoms with Crippen molar-refractivity contribution in [1.82, 2.24) is 0 Å². The Kier molecular flexibility index (Phi) is 2.72. The summed E-state index contributed by atoms with van der Waals surface area (Å²) in [6.07, 6.45) is 2.76. The van der Waals surface area contributed by atoms with Crippen molar-refractivity contribution in [2.45, 2.75) is 37.6 Å². The maximum absolute atomic E-state index is 11.0. The van der Waals surface area contributed by atoms with E-state index in [2.05, 4.69) is 19.1 Å². The van der Waals surface area contributed by atoms with Gasteiger partial charge in [-0.15, -0.1) is 0 Å². The fraction of sp³-hybridized carbons (Fsp3) is 0.462. The van der Waals surface area contributed by atoms with Crippen LogP contribution in [0.4, 0.5) is 0 Å². The molecule has 0 bridgehead atoms. The molecule has 1 aromatic carbocycles.